The summed E-state index contributed by atoms with van der Waals surface area (Å²) in [6.45, 7) is 7.82. The van der Waals surface area contributed by atoms with Gasteiger partial charge in [0, 0.05) is 6.54 Å². The molecular weight excluding hydrogens is 297 g/mol. The van der Waals surface area contributed by atoms with Gasteiger partial charge in [-0.25, -0.2) is 0 Å². The predicted molar refractivity (Wildman–Crippen MR) is 92.0 cm³/mol. The Hall–Kier alpha value is 0.430. The Labute approximate surface area is 166 Å². The van der Waals surface area contributed by atoms with Crippen LogP contribution in [0.5, 0.6) is 0 Å². The number of carbonyl (C=O) groups excluding carboxylic acids is 1. The summed E-state index contributed by atoms with van der Waals surface area (Å²) in [6.07, 6.45) is 12.3. The zero-order valence-corrected chi connectivity index (χ0v) is 17.7. The first-order valence-electron chi connectivity index (χ1n) is 9.62. The Morgan fingerprint density at radius 3 is 2.17 bits per heavy atom. The maximum atomic E-state index is 12.9. The number of carbonyl (C=O) groups is 1. The van der Waals surface area contributed by atoms with Crippen LogP contribution in [0.1, 0.15) is 79.5 Å². The molecule has 2 fully saturated rings. The van der Waals surface area contributed by atoms with Gasteiger partial charge >= 0.3 is 35.5 Å². The smallest absolute Gasteiger partial charge is 1.00 e. The zero-order chi connectivity index (χ0) is 15.8. The van der Waals surface area contributed by atoms with Gasteiger partial charge in [-0.3, -0.25) is 4.79 Å². The average Bonchev–Trinajstić information content (AvgIpc) is 2.60. The summed E-state index contributed by atoms with van der Waals surface area (Å²) in [5, 5.41) is 0. The first-order valence-corrected chi connectivity index (χ1v) is 9.62. The number of ether oxygens (including phenoxy) is 1. The molecule has 2 rings (SSSR count). The van der Waals surface area contributed by atoms with E-state index in [4.69, 9.17) is 4.74 Å². The molecular formula is C19H36NNaO2. The normalized spacial score (nSPS) is 21.7. The second kappa shape index (κ2) is 11.1. The van der Waals surface area contributed by atoms with Crippen LogP contribution in [0.4, 0.5) is 0 Å². The Morgan fingerprint density at radius 2 is 1.61 bits per heavy atom. The molecule has 0 heterocycles. The van der Waals surface area contributed by atoms with Crippen molar-refractivity contribution in [3.8, 4) is 0 Å². The van der Waals surface area contributed by atoms with Crippen molar-refractivity contribution in [1.29, 1.82) is 0 Å². The molecule has 0 atom stereocenters. The van der Waals surface area contributed by atoms with Gasteiger partial charge in [-0.15, -0.1) is 0 Å². The van der Waals surface area contributed by atoms with E-state index in [2.05, 4.69) is 18.7 Å². The quantitative estimate of drug-likeness (QED) is 0.523. The first-order chi connectivity index (χ1) is 10.7. The van der Waals surface area contributed by atoms with Crippen LogP contribution in [-0.2, 0) is 9.53 Å². The van der Waals surface area contributed by atoms with E-state index in [1.54, 1.807) is 0 Å². The van der Waals surface area contributed by atoms with E-state index in [9.17, 15) is 4.79 Å². The largest absolute Gasteiger partial charge is 1.00 e. The number of likely N-dealkylation sites (N-methyl/N-ethyl adjacent to an activating group) is 1. The molecule has 130 valence electrons. The third-order valence-electron chi connectivity index (χ3n) is 6.07. The molecule has 0 bridgehead atoms. The Kier molecular flexibility index (Phi) is 10.4. The second-order valence-electron chi connectivity index (χ2n) is 7.21. The summed E-state index contributed by atoms with van der Waals surface area (Å²) in [5.74, 6) is 0.716. The molecule has 0 saturated heterocycles. The minimum absolute atomic E-state index is 0. The molecule has 0 aromatic rings. The van der Waals surface area contributed by atoms with Crippen molar-refractivity contribution in [2.45, 2.75) is 78.1 Å². The summed E-state index contributed by atoms with van der Waals surface area (Å²) in [4.78, 5) is 15.3. The summed E-state index contributed by atoms with van der Waals surface area (Å²) < 4.78 is 5.79. The van der Waals surface area contributed by atoms with Crippen molar-refractivity contribution < 1.29 is 40.5 Å². The number of nitrogens with zero attached hydrogens (tertiary/aromatic N) is 1. The van der Waals surface area contributed by atoms with Crippen LogP contribution < -0.4 is 29.6 Å². The fourth-order valence-corrected chi connectivity index (χ4v) is 4.57. The van der Waals surface area contributed by atoms with Gasteiger partial charge in [-0.2, -0.15) is 0 Å². The van der Waals surface area contributed by atoms with E-state index in [0.717, 1.165) is 32.5 Å². The molecule has 0 aromatic heterocycles. The topological polar surface area (TPSA) is 29.5 Å². The van der Waals surface area contributed by atoms with Gasteiger partial charge in [0.1, 0.15) is 6.61 Å². The Balaban J connectivity index is 0.00000264. The molecule has 0 radical (unpaired) electrons. The third-order valence-corrected chi connectivity index (χ3v) is 6.07. The summed E-state index contributed by atoms with van der Waals surface area (Å²) >= 11 is 0. The van der Waals surface area contributed by atoms with Gasteiger partial charge in [-0.1, -0.05) is 52.4 Å². The van der Waals surface area contributed by atoms with Gasteiger partial charge in [0.15, 0.2) is 0 Å². The van der Waals surface area contributed by atoms with Gasteiger partial charge in [-0.05, 0) is 44.7 Å². The molecule has 0 spiro atoms. The van der Waals surface area contributed by atoms with Crippen molar-refractivity contribution >= 4 is 5.97 Å². The zero-order valence-electron chi connectivity index (χ0n) is 16.7. The minimum Gasteiger partial charge on any atom is -1.00 e. The molecule has 2 saturated carbocycles. The maximum absolute atomic E-state index is 12.9. The van der Waals surface area contributed by atoms with E-state index in [-0.39, 0.29) is 42.4 Å². The molecule has 0 N–H and O–H groups in total. The van der Waals surface area contributed by atoms with Crippen molar-refractivity contribution in [1.82, 2.24) is 4.90 Å². The van der Waals surface area contributed by atoms with E-state index < -0.39 is 0 Å². The molecule has 0 aliphatic heterocycles. The first kappa shape index (κ1) is 21.5. The van der Waals surface area contributed by atoms with Crippen LogP contribution in [0, 0.1) is 11.3 Å². The fourth-order valence-electron chi connectivity index (χ4n) is 4.57. The molecule has 0 amide bonds. The van der Waals surface area contributed by atoms with Crippen LogP contribution in [-0.4, -0.2) is 37.1 Å². The van der Waals surface area contributed by atoms with E-state index in [1.807, 2.05) is 0 Å². The van der Waals surface area contributed by atoms with Crippen molar-refractivity contribution in [2.24, 2.45) is 11.3 Å². The average molecular weight is 333 g/mol. The molecule has 4 heteroatoms. The van der Waals surface area contributed by atoms with Crippen LogP contribution in [0.3, 0.4) is 0 Å². The summed E-state index contributed by atoms with van der Waals surface area (Å²) in [7, 11) is 0. The summed E-state index contributed by atoms with van der Waals surface area (Å²) in [5.41, 5.74) is -0.137. The SMILES string of the molecule is CCN(CC)CCOC(=O)C1(C2CCCCC2)CCCCC1.[H-].[Na+]. The van der Waals surface area contributed by atoms with E-state index >= 15 is 0 Å². The Bertz CT molecular complexity index is 338. The third kappa shape index (κ3) is 5.73. The molecule has 0 unspecified atom stereocenters. The van der Waals surface area contributed by atoms with Gasteiger partial charge in [0.2, 0.25) is 0 Å². The number of hydrogen-bond acceptors (Lipinski definition) is 3. The molecule has 2 aliphatic rings. The minimum atomic E-state index is -0.137. The van der Waals surface area contributed by atoms with Crippen molar-refractivity contribution in [2.75, 3.05) is 26.2 Å². The predicted octanol–water partition coefficient (Wildman–Crippen LogP) is 1.52. The molecule has 2 aliphatic carbocycles. The van der Waals surface area contributed by atoms with Crippen LogP contribution >= 0.6 is 0 Å². The van der Waals surface area contributed by atoms with E-state index in [1.165, 1.54) is 51.4 Å². The standard InChI is InChI=1S/C19H35NO2.Na.H/c1-3-20(4-2)15-16-22-18(21)19(13-9-6-10-14-19)17-11-7-5-8-12-17;;/h17H,3-16H2,1-2H3;;/q;+1;-1. The van der Waals surface area contributed by atoms with Crippen LogP contribution in [0.15, 0.2) is 0 Å². The van der Waals surface area contributed by atoms with Gasteiger partial charge in [0.25, 0.3) is 0 Å². The molecule has 0 aromatic carbocycles. The van der Waals surface area contributed by atoms with E-state index in [0.29, 0.717) is 12.5 Å². The van der Waals surface area contributed by atoms with Gasteiger partial charge in [0.05, 0.1) is 5.41 Å². The molecule has 23 heavy (non-hydrogen) atoms. The van der Waals surface area contributed by atoms with Crippen molar-refractivity contribution in [3.63, 3.8) is 0 Å². The fraction of sp³-hybridized carbons (Fsp3) is 0.947. The number of esters is 1. The maximum Gasteiger partial charge on any atom is 1.00 e. The van der Waals surface area contributed by atoms with Crippen molar-refractivity contribution in [3.05, 3.63) is 0 Å². The van der Waals surface area contributed by atoms with Crippen LogP contribution in [0.2, 0.25) is 0 Å². The number of rotatable bonds is 7. The summed E-state index contributed by atoms with van der Waals surface area (Å²) in [6, 6.07) is 0. The number of hydrogen-bond donors (Lipinski definition) is 0. The monoisotopic (exact) mass is 333 g/mol. The molecule has 3 nitrogen and oxygen atoms in total. The second-order valence-corrected chi connectivity index (χ2v) is 7.21. The van der Waals surface area contributed by atoms with Crippen LogP contribution in [0.25, 0.3) is 0 Å². The Morgan fingerprint density at radius 1 is 1.04 bits per heavy atom. The van der Waals surface area contributed by atoms with Gasteiger partial charge < -0.3 is 11.1 Å².